The lowest BCUT2D eigenvalue weighted by Gasteiger charge is -2.61. The van der Waals surface area contributed by atoms with E-state index in [0.29, 0.717) is 32.2 Å². The summed E-state index contributed by atoms with van der Waals surface area (Å²) in [6.07, 6.45) is -1.08. The molecule has 49 heavy (non-hydrogen) atoms. The minimum absolute atomic E-state index is 0.0521. The van der Waals surface area contributed by atoms with E-state index in [1.54, 1.807) is 9.80 Å². The van der Waals surface area contributed by atoms with Gasteiger partial charge in [-0.1, -0.05) is 46.3 Å². The van der Waals surface area contributed by atoms with Crippen molar-refractivity contribution in [1.29, 1.82) is 0 Å². The van der Waals surface area contributed by atoms with Crippen LogP contribution in [-0.2, 0) is 33.0 Å². The van der Waals surface area contributed by atoms with Gasteiger partial charge in [0, 0.05) is 57.9 Å². The fourth-order valence-electron chi connectivity index (χ4n) is 7.56. The van der Waals surface area contributed by atoms with Crippen LogP contribution in [0.5, 0.6) is 0 Å². The summed E-state index contributed by atoms with van der Waals surface area (Å²) in [5.41, 5.74) is 1.21. The van der Waals surface area contributed by atoms with E-state index in [1.165, 1.54) is 13.8 Å². The maximum atomic E-state index is 14.7. The monoisotopic (exact) mass is 722 g/mol. The summed E-state index contributed by atoms with van der Waals surface area (Å²) in [4.78, 5) is 58.3. The number of unbranched alkanes of at least 4 members (excludes halogenated alkanes) is 1. The largest absolute Gasteiger partial charge is 0.455 e. The van der Waals surface area contributed by atoms with Crippen LogP contribution in [0.25, 0.3) is 0 Å². The number of nitrogens with zero attached hydrogens (tertiary/aromatic N) is 2. The summed E-state index contributed by atoms with van der Waals surface area (Å²) in [6, 6.07) is -0.709. The second-order valence-corrected chi connectivity index (χ2v) is 27.1. The second-order valence-electron chi connectivity index (χ2n) is 17.6. The van der Waals surface area contributed by atoms with Crippen molar-refractivity contribution >= 4 is 40.3 Å². The van der Waals surface area contributed by atoms with Crippen molar-refractivity contribution in [2.24, 2.45) is 17.8 Å². The third-order valence-corrected chi connectivity index (χ3v) is 15.8. The molecule has 2 aliphatic heterocycles. The van der Waals surface area contributed by atoms with E-state index in [1.807, 2.05) is 20.8 Å². The predicted molar refractivity (Wildman–Crippen MR) is 193 cm³/mol. The maximum absolute atomic E-state index is 14.7. The van der Waals surface area contributed by atoms with Gasteiger partial charge in [-0.15, -0.1) is 5.54 Å². The van der Waals surface area contributed by atoms with Crippen LogP contribution in [-0.4, -0.2) is 111 Å². The zero-order valence-electron chi connectivity index (χ0n) is 32.2. The topological polar surface area (TPSA) is 132 Å². The normalized spacial score (nSPS) is 26.8. The van der Waals surface area contributed by atoms with E-state index >= 15 is 0 Å². The average Bonchev–Trinajstić information content (AvgIpc) is 3.09. The number of carbonyl (C=O) groups excluding carboxylic acids is 4. The van der Waals surface area contributed by atoms with Gasteiger partial charge in [0.1, 0.15) is 19.2 Å². The number of aliphatic hydroxyl groups excluding tert-OH is 1. The molecule has 3 aliphatic rings. The molecule has 2 saturated heterocycles. The number of piperidine rings is 1. The molecule has 0 aromatic carbocycles. The van der Waals surface area contributed by atoms with Crippen molar-refractivity contribution < 1.29 is 42.9 Å². The summed E-state index contributed by atoms with van der Waals surface area (Å²) in [5.74, 6) is 0.786. The van der Waals surface area contributed by atoms with Gasteiger partial charge in [-0.2, -0.15) is 0 Å². The lowest BCUT2D eigenvalue weighted by molar-refractivity contribution is -0.199. The number of ether oxygens (including phenoxy) is 3. The van der Waals surface area contributed by atoms with Crippen LogP contribution < -0.4 is 0 Å². The lowest BCUT2D eigenvalue weighted by atomic mass is 9.57. The Morgan fingerprint density at radius 3 is 2.12 bits per heavy atom. The van der Waals surface area contributed by atoms with Crippen molar-refractivity contribution in [2.75, 3.05) is 26.3 Å². The fourth-order valence-corrected chi connectivity index (χ4v) is 9.20. The van der Waals surface area contributed by atoms with Crippen molar-refractivity contribution in [3.63, 3.8) is 0 Å². The van der Waals surface area contributed by atoms with Gasteiger partial charge in [-0.05, 0) is 64.6 Å². The number of amides is 2. The molecule has 2 amide bonds. The molecule has 4 bridgehead atoms. The summed E-state index contributed by atoms with van der Waals surface area (Å²) >= 11 is 0. The molecular weight excluding hydrogens is 661 g/mol. The number of carbonyl (C=O) groups is 4. The third kappa shape index (κ3) is 9.10. The molecule has 1 unspecified atom stereocenters. The zero-order chi connectivity index (χ0) is 37.3. The Balaban J connectivity index is 2.41. The molecule has 0 aromatic rings. The quantitative estimate of drug-likeness (QED) is 0.0984. The molecule has 1 saturated carbocycles. The van der Waals surface area contributed by atoms with Crippen LogP contribution >= 0.6 is 0 Å². The van der Waals surface area contributed by atoms with Crippen molar-refractivity contribution in [1.82, 2.24) is 9.80 Å². The van der Waals surface area contributed by atoms with Gasteiger partial charge in [0.05, 0.1) is 6.04 Å². The first-order valence-electron chi connectivity index (χ1n) is 17.8. The minimum atomic E-state index is -2.29. The van der Waals surface area contributed by atoms with Crippen molar-refractivity contribution in [2.45, 2.75) is 148 Å². The molecule has 1 N–H and O–H groups in total. The molecule has 13 heteroatoms. The van der Waals surface area contributed by atoms with Crippen molar-refractivity contribution in [3.05, 3.63) is 0 Å². The molecule has 0 aromatic heterocycles. The van der Waals surface area contributed by atoms with Crippen molar-refractivity contribution in [3.8, 4) is 11.5 Å². The summed E-state index contributed by atoms with van der Waals surface area (Å²) in [7, 11) is -4.33. The van der Waals surface area contributed by atoms with Crippen LogP contribution in [0.4, 0.5) is 4.79 Å². The van der Waals surface area contributed by atoms with E-state index in [9.17, 15) is 24.3 Å². The Labute approximate surface area is 296 Å². The Hall–Kier alpha value is -2.41. The standard InChI is InChI=1S/C36H62N2O9Si2/c1-24(40)45-29(17-21-48(9,10)11)31(46-25(2)41)36-28-16-19-37(33(43)47-34(3,4)5)30(36)26(23-44-49(12,13)35(6,7)8)22-27(28)32(42)38(36)18-14-15-20-39/h26-31,39H,14-16,18-20,22-23H2,1-13H3/t26-,27?,28+,29-,30+,31+,36+/m0/s1. The first-order valence-corrected chi connectivity index (χ1v) is 24.2. The van der Waals surface area contributed by atoms with E-state index in [0.717, 1.165) is 0 Å². The third-order valence-electron chi connectivity index (χ3n) is 10.4. The van der Waals surface area contributed by atoms with E-state index in [-0.39, 0.29) is 42.5 Å². The highest BCUT2D eigenvalue weighted by molar-refractivity contribution is 6.83. The smallest absolute Gasteiger partial charge is 0.410 e. The minimum Gasteiger partial charge on any atom is -0.455 e. The maximum Gasteiger partial charge on any atom is 0.410 e. The molecule has 2 heterocycles. The number of esters is 2. The van der Waals surface area contributed by atoms with E-state index < -0.39 is 69.7 Å². The summed E-state index contributed by atoms with van der Waals surface area (Å²) in [6.45, 7) is 25.9. The van der Waals surface area contributed by atoms with Gasteiger partial charge in [-0.25, -0.2) is 4.79 Å². The highest BCUT2D eigenvalue weighted by Crippen LogP contribution is 2.60. The highest BCUT2D eigenvalue weighted by Gasteiger charge is 2.75. The molecular formula is C36H62N2O9Si2. The van der Waals surface area contributed by atoms with Crippen LogP contribution in [0.15, 0.2) is 0 Å². The predicted octanol–water partition coefficient (Wildman–Crippen LogP) is 5.37. The van der Waals surface area contributed by atoms with Gasteiger partial charge < -0.3 is 33.5 Å². The fraction of sp³-hybridized carbons (Fsp3) is 0.833. The number of rotatable bonds is 11. The molecule has 0 radical (unpaired) electrons. The van der Waals surface area contributed by atoms with Gasteiger partial charge in [0.2, 0.25) is 12.0 Å². The summed E-state index contributed by atoms with van der Waals surface area (Å²) in [5, 5.41) is 9.65. The molecule has 3 rings (SSSR count). The van der Waals surface area contributed by atoms with Crippen LogP contribution in [0.2, 0.25) is 37.8 Å². The Morgan fingerprint density at radius 1 is 1.00 bits per heavy atom. The molecule has 11 nitrogen and oxygen atoms in total. The lowest BCUT2D eigenvalue weighted by Crippen LogP contribution is -2.78. The molecule has 7 atom stereocenters. The number of hydrogen-bond acceptors (Lipinski definition) is 9. The first-order chi connectivity index (χ1) is 22.4. The van der Waals surface area contributed by atoms with Crippen LogP contribution in [0.3, 0.4) is 0 Å². The van der Waals surface area contributed by atoms with E-state index in [4.69, 9.17) is 18.6 Å². The van der Waals surface area contributed by atoms with Gasteiger partial charge in [0.25, 0.3) is 0 Å². The number of likely N-dealkylation sites (tertiary alicyclic amines) is 2. The zero-order valence-corrected chi connectivity index (χ0v) is 34.2. The van der Waals surface area contributed by atoms with Gasteiger partial charge in [-0.3, -0.25) is 14.4 Å². The SMILES string of the molecule is CC(=O)O[C@@H](C#C[Si](C)(C)C)[C@@H](OC(C)=O)[C@@]12[C@@H]3CCN(C(=O)OC(C)(C)C)[C@@H]1[C@H](CO[Si](C)(C)C(C)(C)C)CC3C(=O)N2CCCCO. The van der Waals surface area contributed by atoms with Crippen LogP contribution in [0.1, 0.15) is 81.1 Å². The Bertz CT molecular complexity index is 1310. The summed E-state index contributed by atoms with van der Waals surface area (Å²) < 4.78 is 25.1. The Kier molecular flexibility index (Phi) is 12.6. The average molecular weight is 723 g/mol. The van der Waals surface area contributed by atoms with Gasteiger partial charge in [0.15, 0.2) is 14.4 Å². The number of hydrogen-bond donors (Lipinski definition) is 1. The van der Waals surface area contributed by atoms with Gasteiger partial charge >= 0.3 is 18.0 Å². The molecule has 278 valence electrons. The molecule has 3 fully saturated rings. The van der Waals surface area contributed by atoms with E-state index in [2.05, 4.69) is 65.0 Å². The number of aliphatic hydroxyl groups is 1. The second kappa shape index (κ2) is 15.1. The molecule has 0 spiro atoms. The molecule has 1 aliphatic carbocycles. The Morgan fingerprint density at radius 2 is 1.61 bits per heavy atom. The van der Waals surface area contributed by atoms with Crippen LogP contribution in [0, 0.1) is 29.2 Å². The highest BCUT2D eigenvalue weighted by atomic mass is 28.4. The first kappa shape index (κ1) is 41.0.